The molecule has 2 aromatic carbocycles. The van der Waals surface area contributed by atoms with Gasteiger partial charge in [0, 0.05) is 5.92 Å². The Labute approximate surface area is 225 Å². The van der Waals surface area contributed by atoms with Crippen LogP contribution in [0.15, 0.2) is 48.5 Å². The summed E-state index contributed by atoms with van der Waals surface area (Å²) < 4.78 is 16.3. The second-order valence-corrected chi connectivity index (χ2v) is 11.4. The van der Waals surface area contributed by atoms with Crippen molar-refractivity contribution < 1.29 is 28.6 Å². The Morgan fingerprint density at radius 3 is 1.97 bits per heavy atom. The predicted octanol–water partition coefficient (Wildman–Crippen LogP) is 4.80. The standard InChI is InChI=1S/C30H40N2O6/c1-19(2)16-30(6,27(34)31-25(26(33)36-7)18-38-29(3,4)5)32-28(35)37-17-24-22-14-10-8-12-20(22)21-13-9-11-15-23(21)24/h8-15,19,24-25H,16-18H2,1-7H3,(H,31,34)(H,32,35)/t25-,30-/m0/s1. The number of amides is 2. The second-order valence-electron chi connectivity index (χ2n) is 11.4. The molecule has 0 saturated heterocycles. The topological polar surface area (TPSA) is 103 Å². The normalized spacial score (nSPS) is 15.2. The number of methoxy groups -OCH3 is 1. The van der Waals surface area contributed by atoms with Gasteiger partial charge in [0.15, 0.2) is 6.04 Å². The average molecular weight is 525 g/mol. The highest BCUT2D eigenvalue weighted by Crippen LogP contribution is 2.44. The number of fused-ring (bicyclic) bond motifs is 3. The molecule has 0 heterocycles. The first kappa shape index (κ1) is 29.2. The first-order valence-corrected chi connectivity index (χ1v) is 13.0. The van der Waals surface area contributed by atoms with Gasteiger partial charge >= 0.3 is 12.1 Å². The molecule has 8 nitrogen and oxygen atoms in total. The Hall–Kier alpha value is -3.39. The highest BCUT2D eigenvalue weighted by Gasteiger charge is 2.39. The summed E-state index contributed by atoms with van der Waals surface area (Å²) in [5, 5.41) is 5.47. The smallest absolute Gasteiger partial charge is 0.408 e. The van der Waals surface area contributed by atoms with E-state index >= 15 is 0 Å². The number of alkyl carbamates (subject to hydrolysis) is 1. The Balaban J connectivity index is 1.72. The molecule has 3 rings (SSSR count). The molecule has 2 atom stereocenters. The molecule has 1 aliphatic rings. The lowest BCUT2D eigenvalue weighted by atomic mass is 9.89. The third-order valence-electron chi connectivity index (χ3n) is 6.51. The number of hydrogen-bond donors (Lipinski definition) is 2. The summed E-state index contributed by atoms with van der Waals surface area (Å²) in [4.78, 5) is 38.8. The number of carbonyl (C=O) groups is 3. The molecule has 0 aliphatic heterocycles. The summed E-state index contributed by atoms with van der Waals surface area (Å²) in [7, 11) is 1.25. The fourth-order valence-corrected chi connectivity index (χ4v) is 4.84. The molecule has 0 aromatic heterocycles. The van der Waals surface area contributed by atoms with Crippen LogP contribution in [0.2, 0.25) is 0 Å². The Kier molecular flexibility index (Phi) is 9.20. The predicted molar refractivity (Wildman–Crippen MR) is 146 cm³/mol. The van der Waals surface area contributed by atoms with Crippen molar-refractivity contribution in [1.82, 2.24) is 10.6 Å². The van der Waals surface area contributed by atoms with Crippen molar-refractivity contribution in [3.05, 3.63) is 59.7 Å². The van der Waals surface area contributed by atoms with Crippen molar-refractivity contribution in [3.63, 3.8) is 0 Å². The van der Waals surface area contributed by atoms with Crippen LogP contribution < -0.4 is 10.6 Å². The van der Waals surface area contributed by atoms with Gasteiger partial charge < -0.3 is 24.8 Å². The van der Waals surface area contributed by atoms with Crippen molar-refractivity contribution in [2.75, 3.05) is 20.3 Å². The van der Waals surface area contributed by atoms with Crippen LogP contribution in [-0.4, -0.2) is 55.5 Å². The Morgan fingerprint density at radius 1 is 0.921 bits per heavy atom. The van der Waals surface area contributed by atoms with E-state index < -0.39 is 35.2 Å². The maximum Gasteiger partial charge on any atom is 0.408 e. The van der Waals surface area contributed by atoms with E-state index in [0.29, 0.717) is 6.42 Å². The molecular weight excluding hydrogens is 484 g/mol. The zero-order chi connectivity index (χ0) is 28.1. The average Bonchev–Trinajstić information content (AvgIpc) is 3.17. The van der Waals surface area contributed by atoms with Gasteiger partial charge in [-0.05, 0) is 62.3 Å². The number of benzene rings is 2. The first-order valence-electron chi connectivity index (χ1n) is 13.0. The van der Waals surface area contributed by atoms with Crippen molar-refractivity contribution in [3.8, 4) is 11.1 Å². The number of rotatable bonds is 10. The maximum absolute atomic E-state index is 13.4. The number of ether oxygens (including phenoxy) is 3. The van der Waals surface area contributed by atoms with Crippen LogP contribution in [0.25, 0.3) is 11.1 Å². The Bertz CT molecular complexity index is 1110. The van der Waals surface area contributed by atoms with Crippen LogP contribution in [0.5, 0.6) is 0 Å². The monoisotopic (exact) mass is 524 g/mol. The van der Waals surface area contributed by atoms with Crippen LogP contribution >= 0.6 is 0 Å². The van der Waals surface area contributed by atoms with Gasteiger partial charge in [-0.3, -0.25) is 4.79 Å². The van der Waals surface area contributed by atoms with Crippen molar-refractivity contribution in [2.45, 2.75) is 71.1 Å². The van der Waals surface area contributed by atoms with Gasteiger partial charge in [0.1, 0.15) is 12.1 Å². The molecule has 206 valence electrons. The quantitative estimate of drug-likeness (QED) is 0.433. The minimum atomic E-state index is -1.33. The van der Waals surface area contributed by atoms with Gasteiger partial charge in [-0.15, -0.1) is 0 Å². The zero-order valence-corrected chi connectivity index (χ0v) is 23.4. The molecule has 0 bridgehead atoms. The number of carbonyl (C=O) groups excluding carboxylic acids is 3. The fraction of sp³-hybridized carbons (Fsp3) is 0.500. The van der Waals surface area contributed by atoms with Crippen LogP contribution in [0.4, 0.5) is 4.79 Å². The van der Waals surface area contributed by atoms with Crippen LogP contribution in [-0.2, 0) is 23.8 Å². The van der Waals surface area contributed by atoms with Gasteiger partial charge in [0.2, 0.25) is 5.91 Å². The molecule has 0 fully saturated rings. The molecule has 0 radical (unpaired) electrons. The van der Waals surface area contributed by atoms with E-state index in [1.807, 2.05) is 71.0 Å². The van der Waals surface area contributed by atoms with Crippen LogP contribution in [0, 0.1) is 5.92 Å². The molecule has 0 saturated carbocycles. The van der Waals surface area contributed by atoms with E-state index in [-0.39, 0.29) is 25.0 Å². The number of hydrogen-bond acceptors (Lipinski definition) is 6. The first-order chi connectivity index (χ1) is 17.8. The van der Waals surface area contributed by atoms with E-state index in [4.69, 9.17) is 14.2 Å². The number of esters is 1. The van der Waals surface area contributed by atoms with Gasteiger partial charge in [-0.2, -0.15) is 0 Å². The van der Waals surface area contributed by atoms with Gasteiger partial charge in [0.25, 0.3) is 0 Å². The van der Waals surface area contributed by atoms with Gasteiger partial charge in [-0.1, -0.05) is 62.4 Å². The van der Waals surface area contributed by atoms with Crippen LogP contribution in [0.1, 0.15) is 65.0 Å². The Morgan fingerprint density at radius 2 is 1.47 bits per heavy atom. The van der Waals surface area contributed by atoms with Gasteiger partial charge in [-0.25, -0.2) is 9.59 Å². The minimum Gasteiger partial charge on any atom is -0.467 e. The van der Waals surface area contributed by atoms with Crippen molar-refractivity contribution in [2.24, 2.45) is 5.92 Å². The van der Waals surface area contributed by atoms with Crippen molar-refractivity contribution in [1.29, 1.82) is 0 Å². The third-order valence-corrected chi connectivity index (χ3v) is 6.51. The third kappa shape index (κ3) is 7.13. The lowest BCUT2D eigenvalue weighted by Crippen LogP contribution is -2.61. The molecule has 0 spiro atoms. The summed E-state index contributed by atoms with van der Waals surface area (Å²) in [6.45, 7) is 11.1. The van der Waals surface area contributed by atoms with Gasteiger partial charge in [0.05, 0.1) is 19.3 Å². The molecule has 1 aliphatic carbocycles. The zero-order valence-electron chi connectivity index (χ0n) is 23.4. The molecule has 38 heavy (non-hydrogen) atoms. The molecular formula is C30H40N2O6. The minimum absolute atomic E-state index is 0.0649. The summed E-state index contributed by atoms with van der Waals surface area (Å²) in [6, 6.07) is 15.1. The summed E-state index contributed by atoms with van der Waals surface area (Å²) in [5.41, 5.74) is 2.62. The summed E-state index contributed by atoms with van der Waals surface area (Å²) >= 11 is 0. The molecule has 8 heteroatoms. The largest absolute Gasteiger partial charge is 0.467 e. The maximum atomic E-state index is 13.4. The molecule has 2 amide bonds. The molecule has 0 unspecified atom stereocenters. The highest BCUT2D eigenvalue weighted by molar-refractivity contribution is 5.92. The molecule has 2 aromatic rings. The lowest BCUT2D eigenvalue weighted by Gasteiger charge is -2.33. The van der Waals surface area contributed by atoms with Crippen LogP contribution in [0.3, 0.4) is 0 Å². The van der Waals surface area contributed by atoms with E-state index in [9.17, 15) is 14.4 Å². The second kappa shape index (κ2) is 12.0. The SMILES string of the molecule is COC(=O)[C@H](COC(C)(C)C)NC(=O)[C@](C)(CC(C)C)NC(=O)OCC1c2ccccc2-c2ccccc21. The number of nitrogens with one attached hydrogen (secondary N) is 2. The summed E-state index contributed by atoms with van der Waals surface area (Å²) in [6.07, 6.45) is -0.373. The lowest BCUT2D eigenvalue weighted by molar-refractivity contribution is -0.149. The van der Waals surface area contributed by atoms with E-state index in [2.05, 4.69) is 22.8 Å². The summed E-state index contributed by atoms with van der Waals surface area (Å²) in [5.74, 6) is -1.18. The van der Waals surface area contributed by atoms with E-state index in [1.54, 1.807) is 6.92 Å². The van der Waals surface area contributed by atoms with E-state index in [1.165, 1.54) is 7.11 Å². The van der Waals surface area contributed by atoms with Crippen molar-refractivity contribution >= 4 is 18.0 Å². The van der Waals surface area contributed by atoms with E-state index in [0.717, 1.165) is 22.3 Å². The fourth-order valence-electron chi connectivity index (χ4n) is 4.84. The highest BCUT2D eigenvalue weighted by atomic mass is 16.5. The molecule has 2 N–H and O–H groups in total.